The van der Waals surface area contributed by atoms with Gasteiger partial charge < -0.3 is 5.11 Å². The van der Waals surface area contributed by atoms with Crippen LogP contribution < -0.4 is 5.32 Å². The average molecular weight is 253 g/mol. The molecule has 1 saturated carbocycles. The van der Waals surface area contributed by atoms with Crippen LogP contribution >= 0.6 is 0 Å². The summed E-state index contributed by atoms with van der Waals surface area (Å²) in [5.74, 6) is -1.87. The summed E-state index contributed by atoms with van der Waals surface area (Å²) in [4.78, 5) is 10.8. The zero-order valence-electron chi connectivity index (χ0n) is 9.81. The molecule has 0 aromatic carbocycles. The highest BCUT2D eigenvalue weighted by atomic mass is 19.4. The van der Waals surface area contributed by atoms with Gasteiger partial charge in [-0.3, -0.25) is 5.32 Å². The Bertz CT molecular complexity index is 272. The molecule has 0 aliphatic heterocycles. The molecular weight excluding hydrogens is 235 g/mol. The predicted molar refractivity (Wildman–Crippen MR) is 56.7 cm³/mol. The Morgan fingerprint density at radius 1 is 1.18 bits per heavy atom. The van der Waals surface area contributed by atoms with Crippen molar-refractivity contribution in [1.82, 2.24) is 5.32 Å². The minimum Gasteiger partial charge on any atom is -0.480 e. The fraction of sp³-hybridized carbons (Fsp3) is 0.909. The van der Waals surface area contributed by atoms with Crippen LogP contribution in [-0.2, 0) is 4.79 Å². The number of nitrogens with one attached hydrogen (secondary N) is 1. The molecule has 0 heterocycles. The molecule has 1 aliphatic rings. The lowest BCUT2D eigenvalue weighted by Gasteiger charge is -2.32. The third-order valence-electron chi connectivity index (χ3n) is 3.34. The maximum atomic E-state index is 12.8. The number of carboxylic acid groups (broad SMARTS) is 1. The van der Waals surface area contributed by atoms with Crippen LogP contribution in [0.5, 0.6) is 0 Å². The molecule has 0 radical (unpaired) electrons. The minimum atomic E-state index is -4.79. The van der Waals surface area contributed by atoms with Crippen LogP contribution in [0.3, 0.4) is 0 Å². The van der Waals surface area contributed by atoms with Crippen LogP contribution in [0, 0.1) is 0 Å². The van der Waals surface area contributed by atoms with E-state index in [9.17, 15) is 18.0 Å². The molecule has 1 rings (SSSR count). The molecule has 2 N–H and O–H groups in total. The number of hydrogen-bond acceptors (Lipinski definition) is 2. The Morgan fingerprint density at radius 3 is 2.00 bits per heavy atom. The predicted octanol–water partition coefficient (Wildman–Crippen LogP) is 2.70. The Kier molecular flexibility index (Phi) is 4.41. The van der Waals surface area contributed by atoms with Gasteiger partial charge in [-0.05, 0) is 19.8 Å². The molecule has 0 spiro atoms. The van der Waals surface area contributed by atoms with E-state index < -0.39 is 17.7 Å². The second-order valence-corrected chi connectivity index (χ2v) is 4.76. The summed E-state index contributed by atoms with van der Waals surface area (Å²) in [6, 6.07) is -0.361. The second kappa shape index (κ2) is 5.25. The van der Waals surface area contributed by atoms with E-state index in [-0.39, 0.29) is 6.04 Å². The molecule has 17 heavy (non-hydrogen) atoms. The van der Waals surface area contributed by atoms with Crippen molar-refractivity contribution in [2.24, 2.45) is 0 Å². The van der Waals surface area contributed by atoms with Crippen LogP contribution in [0.1, 0.15) is 45.4 Å². The average Bonchev–Trinajstić information content (AvgIpc) is 2.44. The Labute approximate surface area is 98.4 Å². The van der Waals surface area contributed by atoms with Crippen LogP contribution in [-0.4, -0.2) is 28.8 Å². The van der Waals surface area contributed by atoms with Crippen LogP contribution in [0.2, 0.25) is 0 Å². The van der Waals surface area contributed by atoms with E-state index in [1.165, 1.54) is 0 Å². The van der Waals surface area contributed by atoms with E-state index in [2.05, 4.69) is 5.32 Å². The number of rotatable bonds is 3. The molecule has 1 atom stereocenters. The van der Waals surface area contributed by atoms with Gasteiger partial charge in [0.2, 0.25) is 5.54 Å². The maximum absolute atomic E-state index is 12.8. The quantitative estimate of drug-likeness (QED) is 0.760. The summed E-state index contributed by atoms with van der Waals surface area (Å²) >= 11 is 0. The molecule has 1 fully saturated rings. The van der Waals surface area contributed by atoms with Gasteiger partial charge >= 0.3 is 12.1 Å². The minimum absolute atomic E-state index is 0.361. The summed E-state index contributed by atoms with van der Waals surface area (Å²) in [5.41, 5.74) is -2.85. The van der Waals surface area contributed by atoms with Crippen molar-refractivity contribution in [3.63, 3.8) is 0 Å². The van der Waals surface area contributed by atoms with Crippen LogP contribution in [0.15, 0.2) is 0 Å². The number of aliphatic carboxylic acids is 1. The molecule has 0 aromatic heterocycles. The van der Waals surface area contributed by atoms with Crippen molar-refractivity contribution in [2.75, 3.05) is 0 Å². The number of hydrogen-bond donors (Lipinski definition) is 2. The monoisotopic (exact) mass is 253 g/mol. The SMILES string of the molecule is CC(NC1CCCCCC1)(C(=O)O)C(F)(F)F. The first-order valence-corrected chi connectivity index (χ1v) is 5.85. The molecule has 6 heteroatoms. The third-order valence-corrected chi connectivity index (χ3v) is 3.34. The smallest absolute Gasteiger partial charge is 0.417 e. The van der Waals surface area contributed by atoms with Crippen molar-refractivity contribution in [1.29, 1.82) is 0 Å². The van der Waals surface area contributed by atoms with Gasteiger partial charge in [-0.1, -0.05) is 25.7 Å². The lowest BCUT2D eigenvalue weighted by molar-refractivity contribution is -0.207. The Balaban J connectivity index is 2.76. The number of alkyl halides is 3. The summed E-state index contributed by atoms with van der Waals surface area (Å²) in [6.45, 7) is 0.695. The van der Waals surface area contributed by atoms with E-state index in [0.717, 1.165) is 25.7 Å². The summed E-state index contributed by atoms with van der Waals surface area (Å²) in [7, 11) is 0. The zero-order chi connectivity index (χ0) is 13.1. The molecule has 100 valence electrons. The molecule has 1 unspecified atom stereocenters. The van der Waals surface area contributed by atoms with E-state index in [1.807, 2.05) is 0 Å². The Hall–Kier alpha value is -0.780. The van der Waals surface area contributed by atoms with Crippen molar-refractivity contribution < 1.29 is 23.1 Å². The highest BCUT2D eigenvalue weighted by molar-refractivity contribution is 5.79. The van der Waals surface area contributed by atoms with Crippen molar-refractivity contribution >= 4 is 5.97 Å². The summed E-state index contributed by atoms with van der Waals surface area (Å²) < 4.78 is 38.3. The van der Waals surface area contributed by atoms with E-state index >= 15 is 0 Å². The van der Waals surface area contributed by atoms with Gasteiger partial charge in [0.05, 0.1) is 0 Å². The van der Waals surface area contributed by atoms with Crippen LogP contribution in [0.4, 0.5) is 13.2 Å². The standard InChI is InChI=1S/C11H18F3NO2/c1-10(9(16)17,11(12,13)14)15-8-6-4-2-3-5-7-8/h8,15H,2-7H2,1H3,(H,16,17). The van der Waals surface area contributed by atoms with E-state index in [0.29, 0.717) is 19.8 Å². The Morgan fingerprint density at radius 2 is 1.65 bits per heavy atom. The van der Waals surface area contributed by atoms with Gasteiger partial charge in [-0.25, -0.2) is 4.79 Å². The van der Waals surface area contributed by atoms with Crippen LogP contribution in [0.25, 0.3) is 0 Å². The highest BCUT2D eigenvalue weighted by Gasteiger charge is 2.57. The fourth-order valence-corrected chi connectivity index (χ4v) is 2.10. The third kappa shape index (κ3) is 3.34. The summed E-state index contributed by atoms with van der Waals surface area (Å²) in [5, 5.41) is 11.1. The van der Waals surface area contributed by atoms with Crippen molar-refractivity contribution in [3.8, 4) is 0 Å². The number of halogens is 3. The van der Waals surface area contributed by atoms with Gasteiger partial charge in [0.25, 0.3) is 0 Å². The second-order valence-electron chi connectivity index (χ2n) is 4.76. The van der Waals surface area contributed by atoms with Gasteiger partial charge in [-0.15, -0.1) is 0 Å². The molecular formula is C11H18F3NO2. The topological polar surface area (TPSA) is 49.3 Å². The highest BCUT2D eigenvalue weighted by Crippen LogP contribution is 2.32. The molecule has 0 saturated heterocycles. The molecule has 0 amide bonds. The molecule has 0 bridgehead atoms. The van der Waals surface area contributed by atoms with Crippen molar-refractivity contribution in [2.45, 2.75) is 63.2 Å². The molecule has 1 aliphatic carbocycles. The first-order valence-electron chi connectivity index (χ1n) is 5.85. The van der Waals surface area contributed by atoms with Gasteiger partial charge in [0, 0.05) is 6.04 Å². The summed E-state index contributed by atoms with van der Waals surface area (Å²) in [6.07, 6.45) is 0.154. The fourth-order valence-electron chi connectivity index (χ4n) is 2.10. The molecule has 0 aromatic rings. The number of carboxylic acids is 1. The first-order chi connectivity index (χ1) is 7.77. The lowest BCUT2D eigenvalue weighted by Crippen LogP contribution is -2.62. The largest absolute Gasteiger partial charge is 0.480 e. The number of carbonyl (C=O) groups is 1. The normalized spacial score (nSPS) is 22.8. The van der Waals surface area contributed by atoms with E-state index in [4.69, 9.17) is 5.11 Å². The molecule has 3 nitrogen and oxygen atoms in total. The van der Waals surface area contributed by atoms with Crippen molar-refractivity contribution in [3.05, 3.63) is 0 Å². The first kappa shape index (κ1) is 14.3. The van der Waals surface area contributed by atoms with Gasteiger partial charge in [0.15, 0.2) is 0 Å². The zero-order valence-corrected chi connectivity index (χ0v) is 9.81. The maximum Gasteiger partial charge on any atom is 0.417 e. The van der Waals surface area contributed by atoms with Gasteiger partial charge in [-0.2, -0.15) is 13.2 Å². The lowest BCUT2D eigenvalue weighted by atomic mass is 9.98. The van der Waals surface area contributed by atoms with E-state index in [1.54, 1.807) is 0 Å². The van der Waals surface area contributed by atoms with Gasteiger partial charge in [0.1, 0.15) is 0 Å².